The molecule has 1 atom stereocenters. The summed E-state index contributed by atoms with van der Waals surface area (Å²) in [5, 5.41) is 8.37. The van der Waals surface area contributed by atoms with Crippen LogP contribution in [0.3, 0.4) is 0 Å². The summed E-state index contributed by atoms with van der Waals surface area (Å²) in [7, 11) is 0. The molecule has 0 saturated carbocycles. The molecule has 1 heterocycles. The third-order valence-corrected chi connectivity index (χ3v) is 2.16. The maximum atomic E-state index is 13.0. The Hall–Kier alpha value is -1.66. The van der Waals surface area contributed by atoms with Crippen molar-refractivity contribution < 1.29 is 23.9 Å². The molecule has 0 aromatic rings. The largest absolute Gasteiger partial charge is 0.478 e. The zero-order valence-electron chi connectivity index (χ0n) is 8.14. The van der Waals surface area contributed by atoms with Crippen LogP contribution in [-0.4, -0.2) is 58.6 Å². The van der Waals surface area contributed by atoms with Gasteiger partial charge >= 0.3 is 5.97 Å². The van der Waals surface area contributed by atoms with E-state index < -0.39 is 30.6 Å². The first-order chi connectivity index (χ1) is 6.97. The van der Waals surface area contributed by atoms with E-state index in [0.29, 0.717) is 11.4 Å². The van der Waals surface area contributed by atoms with E-state index in [-0.39, 0.29) is 6.54 Å². The molecular formula is C8H11FN2O4. The van der Waals surface area contributed by atoms with Gasteiger partial charge in [-0.25, -0.2) is 9.18 Å². The highest BCUT2D eigenvalue weighted by atomic mass is 19.1. The van der Waals surface area contributed by atoms with Gasteiger partial charge in [0.25, 0.3) is 6.30 Å². The van der Waals surface area contributed by atoms with Crippen molar-refractivity contribution in [1.29, 1.82) is 0 Å². The highest BCUT2D eigenvalue weighted by Crippen LogP contribution is 2.10. The zero-order chi connectivity index (χ0) is 11.6. The molecule has 0 radical (unpaired) electrons. The number of carboxylic acid groups (broad SMARTS) is 1. The molecular weight excluding hydrogens is 207 g/mol. The highest BCUT2D eigenvalue weighted by Gasteiger charge is 2.36. The number of carbonyl (C=O) groups excluding carboxylic acids is 2. The quantitative estimate of drug-likeness (QED) is 0.620. The molecule has 1 rings (SSSR count). The van der Waals surface area contributed by atoms with Gasteiger partial charge < -0.3 is 10.0 Å². The number of alkyl halides is 1. The van der Waals surface area contributed by atoms with Crippen molar-refractivity contribution >= 4 is 17.8 Å². The van der Waals surface area contributed by atoms with Crippen LogP contribution in [0.25, 0.3) is 0 Å². The minimum Gasteiger partial charge on any atom is -0.478 e. The molecule has 6 nitrogen and oxygen atoms in total. The molecule has 15 heavy (non-hydrogen) atoms. The van der Waals surface area contributed by atoms with Crippen molar-refractivity contribution in [3.8, 4) is 0 Å². The summed E-state index contributed by atoms with van der Waals surface area (Å²) in [6, 6.07) is 0. The molecule has 1 N–H and O–H groups in total. The molecule has 1 unspecified atom stereocenters. The number of carboxylic acids is 1. The van der Waals surface area contributed by atoms with Gasteiger partial charge in [0.05, 0.1) is 6.54 Å². The third-order valence-electron chi connectivity index (χ3n) is 2.16. The van der Waals surface area contributed by atoms with Crippen LogP contribution in [0.15, 0.2) is 0 Å². The first kappa shape index (κ1) is 11.4. The molecule has 7 heteroatoms. The Kier molecular flexibility index (Phi) is 3.23. The predicted molar refractivity (Wildman–Crippen MR) is 46.5 cm³/mol. The van der Waals surface area contributed by atoms with Crippen molar-refractivity contribution in [3.05, 3.63) is 0 Å². The van der Waals surface area contributed by atoms with Gasteiger partial charge in [0, 0.05) is 6.54 Å². The van der Waals surface area contributed by atoms with Gasteiger partial charge in [-0.2, -0.15) is 0 Å². The Balaban J connectivity index is 2.75. The Labute approximate surface area is 85.3 Å². The van der Waals surface area contributed by atoms with Crippen LogP contribution in [-0.2, 0) is 14.4 Å². The Morgan fingerprint density at radius 2 is 2.07 bits per heavy atom. The molecule has 1 saturated heterocycles. The molecule has 0 spiro atoms. The predicted octanol–water partition coefficient (Wildman–Crippen LogP) is -0.943. The van der Waals surface area contributed by atoms with E-state index in [2.05, 4.69) is 0 Å². The van der Waals surface area contributed by atoms with Gasteiger partial charge in [0.2, 0.25) is 11.8 Å². The van der Waals surface area contributed by atoms with Gasteiger partial charge in [0.15, 0.2) is 0 Å². The molecule has 84 valence electrons. The summed E-state index contributed by atoms with van der Waals surface area (Å²) in [6.07, 6.45) is -2.44. The Bertz CT molecular complexity index is 307. The van der Waals surface area contributed by atoms with Crippen molar-refractivity contribution in [3.63, 3.8) is 0 Å². The number of carbonyl (C=O) groups is 3. The zero-order valence-corrected chi connectivity index (χ0v) is 8.14. The van der Waals surface area contributed by atoms with Crippen LogP contribution in [0, 0.1) is 0 Å². The number of amides is 2. The molecule has 1 aliphatic rings. The normalized spacial score (nSPS) is 19.3. The van der Waals surface area contributed by atoms with E-state index in [1.165, 1.54) is 4.90 Å². The van der Waals surface area contributed by atoms with Crippen LogP contribution in [0.4, 0.5) is 4.39 Å². The van der Waals surface area contributed by atoms with Gasteiger partial charge in [-0.1, -0.05) is 0 Å². The molecule has 2 amide bonds. The molecule has 0 aromatic carbocycles. The second kappa shape index (κ2) is 4.24. The average Bonchev–Trinajstić information content (AvgIpc) is 2.19. The highest BCUT2D eigenvalue weighted by molar-refractivity contribution is 5.94. The van der Waals surface area contributed by atoms with Crippen molar-refractivity contribution in [2.75, 3.05) is 19.6 Å². The Morgan fingerprint density at radius 1 is 1.47 bits per heavy atom. The SMILES string of the molecule is CCN1CC(=O)N(C(F)C(=O)O)CC1=O. The second-order valence-electron chi connectivity index (χ2n) is 3.10. The van der Waals surface area contributed by atoms with E-state index in [9.17, 15) is 18.8 Å². The summed E-state index contributed by atoms with van der Waals surface area (Å²) in [4.78, 5) is 34.5. The first-order valence-electron chi connectivity index (χ1n) is 4.41. The Morgan fingerprint density at radius 3 is 2.53 bits per heavy atom. The van der Waals surface area contributed by atoms with Gasteiger partial charge in [-0.15, -0.1) is 0 Å². The molecule has 1 fully saturated rings. The van der Waals surface area contributed by atoms with E-state index in [4.69, 9.17) is 5.11 Å². The smallest absolute Gasteiger partial charge is 0.359 e. The van der Waals surface area contributed by atoms with Crippen LogP contribution >= 0.6 is 0 Å². The van der Waals surface area contributed by atoms with Crippen LogP contribution in [0.1, 0.15) is 6.92 Å². The minimum atomic E-state index is -2.44. The fraction of sp³-hybridized carbons (Fsp3) is 0.625. The third kappa shape index (κ3) is 2.23. The first-order valence-corrected chi connectivity index (χ1v) is 4.41. The summed E-state index contributed by atoms with van der Waals surface area (Å²) < 4.78 is 13.0. The number of aliphatic carboxylic acids is 1. The lowest BCUT2D eigenvalue weighted by Gasteiger charge is -2.33. The number of halogens is 1. The fourth-order valence-corrected chi connectivity index (χ4v) is 1.30. The van der Waals surface area contributed by atoms with Crippen LogP contribution in [0.5, 0.6) is 0 Å². The monoisotopic (exact) mass is 218 g/mol. The van der Waals surface area contributed by atoms with Gasteiger partial charge in [-0.3, -0.25) is 14.5 Å². The second-order valence-corrected chi connectivity index (χ2v) is 3.10. The maximum absolute atomic E-state index is 13.0. The molecule has 0 aliphatic carbocycles. The van der Waals surface area contributed by atoms with Crippen molar-refractivity contribution in [2.24, 2.45) is 0 Å². The lowest BCUT2D eigenvalue weighted by atomic mass is 10.3. The fourth-order valence-electron chi connectivity index (χ4n) is 1.30. The average molecular weight is 218 g/mol. The lowest BCUT2D eigenvalue weighted by Crippen LogP contribution is -2.57. The van der Waals surface area contributed by atoms with Gasteiger partial charge in [0.1, 0.15) is 6.54 Å². The van der Waals surface area contributed by atoms with Gasteiger partial charge in [-0.05, 0) is 6.92 Å². The number of likely N-dealkylation sites (N-methyl/N-ethyl adjacent to an activating group) is 1. The number of hydrogen-bond donors (Lipinski definition) is 1. The van der Waals surface area contributed by atoms with Crippen LogP contribution < -0.4 is 0 Å². The van der Waals surface area contributed by atoms with Crippen molar-refractivity contribution in [2.45, 2.75) is 13.2 Å². The standard InChI is InChI=1S/C8H11FN2O4/c1-2-10-3-6(13)11(4-5(10)12)7(9)8(14)15/h7H,2-4H2,1H3,(H,14,15). The molecule has 0 bridgehead atoms. The van der Waals surface area contributed by atoms with E-state index in [1.54, 1.807) is 6.92 Å². The summed E-state index contributed by atoms with van der Waals surface area (Å²) in [5.74, 6) is -2.89. The molecule has 0 aromatic heterocycles. The molecule has 1 aliphatic heterocycles. The topological polar surface area (TPSA) is 77.9 Å². The lowest BCUT2D eigenvalue weighted by molar-refractivity contribution is -0.165. The number of rotatable bonds is 3. The summed E-state index contributed by atoms with van der Waals surface area (Å²) in [6.45, 7) is 1.26. The summed E-state index contributed by atoms with van der Waals surface area (Å²) in [5.41, 5.74) is 0. The minimum absolute atomic E-state index is 0.261. The number of nitrogens with zero attached hydrogens (tertiary/aromatic N) is 2. The van der Waals surface area contributed by atoms with E-state index >= 15 is 0 Å². The van der Waals surface area contributed by atoms with E-state index in [0.717, 1.165) is 0 Å². The maximum Gasteiger partial charge on any atom is 0.359 e. The number of hydrogen-bond acceptors (Lipinski definition) is 3. The summed E-state index contributed by atoms with van der Waals surface area (Å²) >= 11 is 0. The van der Waals surface area contributed by atoms with Crippen molar-refractivity contribution in [1.82, 2.24) is 9.80 Å². The van der Waals surface area contributed by atoms with Crippen LogP contribution in [0.2, 0.25) is 0 Å². The van der Waals surface area contributed by atoms with E-state index in [1.807, 2.05) is 0 Å². The number of piperazine rings is 1.